The Morgan fingerprint density at radius 2 is 1.59 bits per heavy atom. The van der Waals surface area contributed by atoms with Crippen LogP contribution in [0, 0.1) is 0 Å². The fourth-order valence-corrected chi connectivity index (χ4v) is 3.52. The van der Waals surface area contributed by atoms with Gasteiger partial charge in [0.2, 0.25) is 0 Å². The van der Waals surface area contributed by atoms with Crippen molar-refractivity contribution in [2.75, 3.05) is 0 Å². The predicted octanol–water partition coefficient (Wildman–Crippen LogP) is 4.93. The zero-order chi connectivity index (χ0) is 19.3. The summed E-state index contributed by atoms with van der Waals surface area (Å²) in [7, 11) is 0. The Morgan fingerprint density at radius 3 is 2.22 bits per heavy atom. The molecule has 2 aromatic rings. The number of pyridine rings is 1. The van der Waals surface area contributed by atoms with E-state index in [9.17, 15) is 5.11 Å². The molecule has 0 saturated heterocycles. The Labute approximate surface area is 162 Å². The van der Waals surface area contributed by atoms with Gasteiger partial charge < -0.3 is 5.11 Å². The summed E-state index contributed by atoms with van der Waals surface area (Å²) in [4.78, 5) is 13.7. The number of rotatable bonds is 4. The molecule has 0 amide bonds. The van der Waals surface area contributed by atoms with Crippen LogP contribution in [0.3, 0.4) is 0 Å². The molecule has 3 rings (SSSR count). The van der Waals surface area contributed by atoms with E-state index in [1.165, 1.54) is 12.8 Å². The second-order valence-corrected chi connectivity index (χ2v) is 8.25. The second-order valence-electron chi connectivity index (χ2n) is 8.25. The molecule has 1 aliphatic carbocycles. The van der Waals surface area contributed by atoms with Gasteiger partial charge in [-0.2, -0.15) is 0 Å². The molecule has 0 radical (unpaired) electrons. The molecule has 142 valence electrons. The van der Waals surface area contributed by atoms with Gasteiger partial charge in [-0.25, -0.2) is 0 Å². The van der Waals surface area contributed by atoms with Gasteiger partial charge in [0.05, 0.1) is 12.1 Å². The van der Waals surface area contributed by atoms with Crippen LogP contribution in [0.25, 0.3) is 0 Å². The lowest BCUT2D eigenvalue weighted by Gasteiger charge is -2.25. The van der Waals surface area contributed by atoms with Gasteiger partial charge >= 0.3 is 0 Å². The standard InChI is InChI=1S/C23H29N3O/c1-23(2,3)19-8-6-7-18(22(19)27)16-26-21-10-5-4-9-20(21)25-15-17-11-13-24-14-12-17/h6-8,11-16,20-21,27H,4-5,9-10H2,1-3H3/t20-,21-/m1/s1. The highest BCUT2D eigenvalue weighted by Gasteiger charge is 2.24. The first-order valence-electron chi connectivity index (χ1n) is 9.74. The van der Waals surface area contributed by atoms with E-state index in [4.69, 9.17) is 9.98 Å². The van der Waals surface area contributed by atoms with Crippen molar-refractivity contribution in [1.82, 2.24) is 4.98 Å². The molecule has 4 heteroatoms. The van der Waals surface area contributed by atoms with Gasteiger partial charge in [0.15, 0.2) is 0 Å². The highest BCUT2D eigenvalue weighted by molar-refractivity contribution is 5.84. The number of aliphatic imine (C=N–C) groups is 2. The van der Waals surface area contributed by atoms with Gasteiger partial charge in [-0.3, -0.25) is 15.0 Å². The van der Waals surface area contributed by atoms with Crippen molar-refractivity contribution in [1.29, 1.82) is 0 Å². The van der Waals surface area contributed by atoms with E-state index >= 15 is 0 Å². The van der Waals surface area contributed by atoms with Crippen LogP contribution in [0.15, 0.2) is 52.7 Å². The van der Waals surface area contributed by atoms with Gasteiger partial charge in [0.25, 0.3) is 0 Å². The number of hydrogen-bond acceptors (Lipinski definition) is 4. The minimum absolute atomic E-state index is 0.101. The average Bonchev–Trinajstić information content (AvgIpc) is 2.66. The van der Waals surface area contributed by atoms with Crippen LogP contribution in [0.1, 0.15) is 63.1 Å². The first-order valence-corrected chi connectivity index (χ1v) is 9.74. The number of aromatic hydroxyl groups is 1. The lowest BCUT2D eigenvalue weighted by atomic mass is 9.85. The summed E-state index contributed by atoms with van der Waals surface area (Å²) in [5.41, 5.74) is 2.69. The summed E-state index contributed by atoms with van der Waals surface area (Å²) in [6, 6.07) is 10.2. The number of hydrogen-bond donors (Lipinski definition) is 1. The van der Waals surface area contributed by atoms with Crippen molar-refractivity contribution in [2.24, 2.45) is 9.98 Å². The SMILES string of the molecule is CC(C)(C)c1cccc(C=N[C@@H]2CCCC[C@H]2N=Cc2ccncc2)c1O. The zero-order valence-corrected chi connectivity index (χ0v) is 16.5. The molecule has 4 nitrogen and oxygen atoms in total. The number of aromatic nitrogens is 1. The Morgan fingerprint density at radius 1 is 0.963 bits per heavy atom. The Bertz CT molecular complexity index is 806. The highest BCUT2D eigenvalue weighted by atomic mass is 16.3. The molecule has 0 bridgehead atoms. The summed E-state index contributed by atoms with van der Waals surface area (Å²) in [6.07, 6.45) is 11.8. The first kappa shape index (κ1) is 19.3. The predicted molar refractivity (Wildman–Crippen MR) is 112 cm³/mol. The van der Waals surface area contributed by atoms with Crippen molar-refractivity contribution in [3.63, 3.8) is 0 Å². The Balaban J connectivity index is 1.77. The first-order chi connectivity index (χ1) is 12.9. The molecule has 1 aromatic heterocycles. The fraction of sp³-hybridized carbons (Fsp3) is 0.435. The number of benzene rings is 1. The minimum atomic E-state index is -0.101. The summed E-state index contributed by atoms with van der Waals surface area (Å²) in [5, 5.41) is 10.6. The molecule has 0 spiro atoms. The van der Waals surface area contributed by atoms with Crippen LogP contribution in [0.5, 0.6) is 5.75 Å². The maximum Gasteiger partial charge on any atom is 0.128 e. The van der Waals surface area contributed by atoms with Crippen LogP contribution in [-0.2, 0) is 5.41 Å². The van der Waals surface area contributed by atoms with Gasteiger partial charge in [0, 0.05) is 30.4 Å². The molecular weight excluding hydrogens is 334 g/mol. The van der Waals surface area contributed by atoms with E-state index < -0.39 is 0 Å². The van der Waals surface area contributed by atoms with E-state index in [0.717, 1.165) is 29.5 Å². The van der Waals surface area contributed by atoms with Crippen molar-refractivity contribution in [2.45, 2.75) is 64.0 Å². The summed E-state index contributed by atoms with van der Waals surface area (Å²) in [6.45, 7) is 6.32. The van der Waals surface area contributed by atoms with Gasteiger partial charge in [-0.05, 0) is 47.6 Å². The zero-order valence-electron chi connectivity index (χ0n) is 16.5. The Hall–Kier alpha value is -2.49. The van der Waals surface area contributed by atoms with Crippen LogP contribution in [0.4, 0.5) is 0 Å². The largest absolute Gasteiger partial charge is 0.507 e. The number of phenolic OH excluding ortho intramolecular Hbond substituents is 1. The molecule has 1 fully saturated rings. The number of para-hydroxylation sites is 1. The number of phenols is 1. The topological polar surface area (TPSA) is 57.8 Å². The van der Waals surface area contributed by atoms with Crippen LogP contribution >= 0.6 is 0 Å². The normalized spacial score (nSPS) is 21.1. The van der Waals surface area contributed by atoms with E-state index in [0.29, 0.717) is 5.75 Å². The van der Waals surface area contributed by atoms with E-state index in [1.54, 1.807) is 12.4 Å². The van der Waals surface area contributed by atoms with E-state index in [2.05, 4.69) is 25.8 Å². The van der Waals surface area contributed by atoms with Crippen LogP contribution in [-0.4, -0.2) is 34.6 Å². The fourth-order valence-electron chi connectivity index (χ4n) is 3.52. The lowest BCUT2D eigenvalue weighted by molar-refractivity contribution is 0.390. The number of nitrogens with zero attached hydrogens (tertiary/aromatic N) is 3. The van der Waals surface area contributed by atoms with Crippen LogP contribution in [0.2, 0.25) is 0 Å². The molecule has 1 N–H and O–H groups in total. The van der Waals surface area contributed by atoms with E-state index in [1.807, 2.05) is 42.8 Å². The molecule has 1 saturated carbocycles. The summed E-state index contributed by atoms with van der Waals surface area (Å²) >= 11 is 0. The Kier molecular flexibility index (Phi) is 6.04. The third kappa shape index (κ3) is 5.03. The third-order valence-electron chi connectivity index (χ3n) is 5.10. The smallest absolute Gasteiger partial charge is 0.128 e. The third-order valence-corrected chi connectivity index (χ3v) is 5.10. The average molecular weight is 364 g/mol. The summed E-state index contributed by atoms with van der Waals surface area (Å²) < 4.78 is 0. The van der Waals surface area contributed by atoms with Gasteiger partial charge in [0.1, 0.15) is 5.75 Å². The molecule has 27 heavy (non-hydrogen) atoms. The molecule has 1 heterocycles. The molecule has 0 unspecified atom stereocenters. The molecule has 2 atom stereocenters. The van der Waals surface area contributed by atoms with Crippen molar-refractivity contribution < 1.29 is 5.11 Å². The maximum atomic E-state index is 10.6. The molecule has 1 aromatic carbocycles. The molecular formula is C23H29N3O. The van der Waals surface area contributed by atoms with Crippen molar-refractivity contribution >= 4 is 12.4 Å². The maximum absolute atomic E-state index is 10.6. The highest BCUT2D eigenvalue weighted by Crippen LogP contribution is 2.32. The van der Waals surface area contributed by atoms with Crippen molar-refractivity contribution in [3.05, 3.63) is 59.4 Å². The van der Waals surface area contributed by atoms with Crippen molar-refractivity contribution in [3.8, 4) is 5.75 Å². The summed E-state index contributed by atoms with van der Waals surface area (Å²) in [5.74, 6) is 0.335. The molecule has 1 aliphatic rings. The minimum Gasteiger partial charge on any atom is -0.507 e. The lowest BCUT2D eigenvalue weighted by Crippen LogP contribution is -2.27. The quantitative estimate of drug-likeness (QED) is 0.783. The second kappa shape index (κ2) is 8.47. The van der Waals surface area contributed by atoms with Gasteiger partial charge in [-0.15, -0.1) is 0 Å². The van der Waals surface area contributed by atoms with E-state index in [-0.39, 0.29) is 17.5 Å². The van der Waals surface area contributed by atoms with Gasteiger partial charge in [-0.1, -0.05) is 45.7 Å². The monoisotopic (exact) mass is 363 g/mol. The van der Waals surface area contributed by atoms with Crippen LogP contribution < -0.4 is 0 Å². The molecule has 0 aliphatic heterocycles.